The van der Waals surface area contributed by atoms with Gasteiger partial charge in [-0.2, -0.15) is 0 Å². The van der Waals surface area contributed by atoms with Gasteiger partial charge in [-0.1, -0.05) is 12.8 Å². The molecule has 0 radical (unpaired) electrons. The Kier molecular flexibility index (Phi) is 3.89. The molecule has 0 unspecified atom stereocenters. The zero-order valence-electron chi connectivity index (χ0n) is 9.84. The molecule has 0 bridgehead atoms. The highest BCUT2D eigenvalue weighted by molar-refractivity contribution is 6.04. The van der Waals surface area contributed by atoms with Gasteiger partial charge in [-0.15, -0.1) is 0 Å². The molecule has 1 rings (SSSR count). The number of rotatable bonds is 4. The second-order valence-electron chi connectivity index (χ2n) is 4.69. The lowest BCUT2D eigenvalue weighted by Gasteiger charge is -2.23. The van der Waals surface area contributed by atoms with Crippen LogP contribution in [0.1, 0.15) is 46.5 Å². The Bertz CT molecular complexity index is 250. The maximum atomic E-state index is 12.1. The second-order valence-corrected chi connectivity index (χ2v) is 4.69. The summed E-state index contributed by atoms with van der Waals surface area (Å²) in [7, 11) is 0. The first-order valence-corrected chi connectivity index (χ1v) is 5.71. The van der Waals surface area contributed by atoms with Crippen molar-refractivity contribution in [1.82, 2.24) is 0 Å². The van der Waals surface area contributed by atoms with Crippen molar-refractivity contribution in [2.75, 3.05) is 6.61 Å². The Morgan fingerprint density at radius 3 is 2.27 bits per heavy atom. The van der Waals surface area contributed by atoms with Gasteiger partial charge >= 0.3 is 5.97 Å². The van der Waals surface area contributed by atoms with Gasteiger partial charge in [0.1, 0.15) is 5.41 Å². The Hall–Kier alpha value is -0.860. The van der Waals surface area contributed by atoms with Gasteiger partial charge in [0.25, 0.3) is 0 Å². The van der Waals surface area contributed by atoms with E-state index in [0.29, 0.717) is 6.61 Å². The van der Waals surface area contributed by atoms with E-state index in [2.05, 4.69) is 0 Å². The number of hydrogen-bond donors (Lipinski definition) is 0. The van der Waals surface area contributed by atoms with Crippen molar-refractivity contribution < 1.29 is 14.3 Å². The zero-order chi connectivity index (χ0) is 11.5. The van der Waals surface area contributed by atoms with Gasteiger partial charge in [-0.05, 0) is 33.6 Å². The Labute approximate surface area is 91.2 Å². The maximum Gasteiger partial charge on any atom is 0.319 e. The van der Waals surface area contributed by atoms with Crippen LogP contribution in [-0.2, 0) is 14.3 Å². The highest BCUT2D eigenvalue weighted by Gasteiger charge is 2.41. The van der Waals surface area contributed by atoms with Crippen molar-refractivity contribution in [1.29, 1.82) is 0 Å². The molecule has 0 N–H and O–H groups in total. The summed E-state index contributed by atoms with van der Waals surface area (Å²) in [6, 6.07) is 0. The van der Waals surface area contributed by atoms with Gasteiger partial charge in [0.15, 0.2) is 5.78 Å². The van der Waals surface area contributed by atoms with Gasteiger partial charge in [-0.3, -0.25) is 9.59 Å². The molecule has 3 nitrogen and oxygen atoms in total. The molecule has 0 aromatic carbocycles. The number of esters is 1. The third-order valence-electron chi connectivity index (χ3n) is 3.13. The van der Waals surface area contributed by atoms with E-state index in [9.17, 15) is 9.59 Å². The minimum absolute atomic E-state index is 0.0541. The SMILES string of the molecule is CCOC(=O)C(C)(C)C(=O)C1CCCC1. The predicted molar refractivity (Wildman–Crippen MR) is 57.4 cm³/mol. The molecule has 0 aromatic heterocycles. The van der Waals surface area contributed by atoms with Crippen LogP contribution in [0.2, 0.25) is 0 Å². The van der Waals surface area contributed by atoms with E-state index in [4.69, 9.17) is 4.74 Å². The Morgan fingerprint density at radius 1 is 1.27 bits per heavy atom. The summed E-state index contributed by atoms with van der Waals surface area (Å²) >= 11 is 0. The van der Waals surface area contributed by atoms with E-state index in [1.807, 2.05) is 0 Å². The summed E-state index contributed by atoms with van der Waals surface area (Å²) in [6.07, 6.45) is 4.08. The minimum atomic E-state index is -0.967. The van der Waals surface area contributed by atoms with Gasteiger partial charge in [0.2, 0.25) is 0 Å². The third-order valence-corrected chi connectivity index (χ3v) is 3.13. The van der Waals surface area contributed by atoms with E-state index in [1.54, 1.807) is 20.8 Å². The first kappa shape index (κ1) is 12.2. The summed E-state index contributed by atoms with van der Waals surface area (Å²) < 4.78 is 4.93. The van der Waals surface area contributed by atoms with Gasteiger partial charge in [-0.25, -0.2) is 0 Å². The third kappa shape index (κ3) is 2.58. The first-order chi connectivity index (χ1) is 7.00. The molecule has 0 aromatic rings. The molecule has 1 aliphatic carbocycles. The van der Waals surface area contributed by atoms with Crippen molar-refractivity contribution in [2.24, 2.45) is 11.3 Å². The van der Waals surface area contributed by atoms with Gasteiger partial charge < -0.3 is 4.74 Å². The fourth-order valence-corrected chi connectivity index (χ4v) is 2.11. The van der Waals surface area contributed by atoms with Crippen LogP contribution in [0.25, 0.3) is 0 Å². The molecule has 0 spiro atoms. The molecule has 15 heavy (non-hydrogen) atoms. The first-order valence-electron chi connectivity index (χ1n) is 5.71. The van der Waals surface area contributed by atoms with Crippen molar-refractivity contribution in [3.63, 3.8) is 0 Å². The highest BCUT2D eigenvalue weighted by Crippen LogP contribution is 2.33. The number of ketones is 1. The fourth-order valence-electron chi connectivity index (χ4n) is 2.11. The van der Waals surface area contributed by atoms with E-state index in [-0.39, 0.29) is 17.7 Å². The number of Topliss-reactive ketones (excluding diaryl/α,β-unsaturated/α-hetero) is 1. The monoisotopic (exact) mass is 212 g/mol. The van der Waals surface area contributed by atoms with Crippen LogP contribution in [0.3, 0.4) is 0 Å². The van der Waals surface area contributed by atoms with Crippen LogP contribution in [0.15, 0.2) is 0 Å². The Morgan fingerprint density at radius 2 is 1.80 bits per heavy atom. The second kappa shape index (κ2) is 4.77. The number of carbonyl (C=O) groups is 2. The van der Waals surface area contributed by atoms with Crippen molar-refractivity contribution in [3.05, 3.63) is 0 Å². The van der Waals surface area contributed by atoms with E-state index in [0.717, 1.165) is 25.7 Å². The maximum absolute atomic E-state index is 12.1. The largest absolute Gasteiger partial charge is 0.465 e. The Balaban J connectivity index is 2.66. The van der Waals surface area contributed by atoms with E-state index >= 15 is 0 Å². The molecule has 0 aliphatic heterocycles. The summed E-state index contributed by atoms with van der Waals surface area (Å²) in [6.45, 7) is 5.44. The summed E-state index contributed by atoms with van der Waals surface area (Å²) in [5.74, 6) is -0.259. The van der Waals surface area contributed by atoms with Crippen molar-refractivity contribution in [2.45, 2.75) is 46.5 Å². The predicted octanol–water partition coefficient (Wildman–Crippen LogP) is 2.33. The topological polar surface area (TPSA) is 43.4 Å². The fraction of sp³-hybridized carbons (Fsp3) is 0.833. The standard InChI is InChI=1S/C12H20O3/c1-4-15-11(14)12(2,3)10(13)9-7-5-6-8-9/h9H,4-8H2,1-3H3. The molecule has 86 valence electrons. The smallest absolute Gasteiger partial charge is 0.319 e. The van der Waals surface area contributed by atoms with Crippen LogP contribution in [0, 0.1) is 11.3 Å². The summed E-state index contributed by atoms with van der Waals surface area (Å²) in [5, 5.41) is 0. The quantitative estimate of drug-likeness (QED) is 0.530. The molecular weight excluding hydrogens is 192 g/mol. The van der Waals surface area contributed by atoms with Gasteiger partial charge in [0.05, 0.1) is 6.61 Å². The molecule has 0 amide bonds. The lowest BCUT2D eigenvalue weighted by molar-refractivity contribution is -0.159. The van der Waals surface area contributed by atoms with Crippen LogP contribution >= 0.6 is 0 Å². The van der Waals surface area contributed by atoms with Crippen LogP contribution in [-0.4, -0.2) is 18.4 Å². The zero-order valence-corrected chi connectivity index (χ0v) is 9.84. The lowest BCUT2D eigenvalue weighted by atomic mass is 9.80. The molecule has 0 heterocycles. The molecule has 1 aliphatic rings. The lowest BCUT2D eigenvalue weighted by Crippen LogP contribution is -2.38. The number of hydrogen-bond acceptors (Lipinski definition) is 3. The number of carbonyl (C=O) groups excluding carboxylic acids is 2. The normalized spacial score (nSPS) is 17.8. The van der Waals surface area contributed by atoms with E-state index in [1.165, 1.54) is 0 Å². The molecular formula is C12H20O3. The average molecular weight is 212 g/mol. The molecule has 1 fully saturated rings. The van der Waals surface area contributed by atoms with Crippen LogP contribution < -0.4 is 0 Å². The van der Waals surface area contributed by atoms with Crippen molar-refractivity contribution >= 4 is 11.8 Å². The van der Waals surface area contributed by atoms with Crippen molar-refractivity contribution in [3.8, 4) is 0 Å². The molecule has 0 atom stereocenters. The molecule has 0 saturated heterocycles. The highest BCUT2D eigenvalue weighted by atomic mass is 16.5. The summed E-state index contributed by atoms with van der Waals surface area (Å²) in [5.41, 5.74) is -0.967. The van der Waals surface area contributed by atoms with Gasteiger partial charge in [0, 0.05) is 5.92 Å². The average Bonchev–Trinajstić information content (AvgIpc) is 2.69. The molecule has 1 saturated carbocycles. The summed E-state index contributed by atoms with van der Waals surface area (Å²) in [4.78, 5) is 23.7. The van der Waals surface area contributed by atoms with Crippen LogP contribution in [0.5, 0.6) is 0 Å². The number of ether oxygens (including phenoxy) is 1. The van der Waals surface area contributed by atoms with Crippen LogP contribution in [0.4, 0.5) is 0 Å². The molecule has 3 heteroatoms. The minimum Gasteiger partial charge on any atom is -0.465 e. The van der Waals surface area contributed by atoms with E-state index < -0.39 is 5.41 Å².